The number of fused-ring (bicyclic) bond motifs is 2. The van der Waals surface area contributed by atoms with E-state index in [4.69, 9.17) is 14.2 Å². The minimum Gasteiger partial charge on any atom is -0.491 e. The largest absolute Gasteiger partial charge is 0.491 e. The third-order valence-electron chi connectivity index (χ3n) is 8.31. The van der Waals surface area contributed by atoms with E-state index >= 15 is 0 Å². The molecule has 3 aliphatic heterocycles. The van der Waals surface area contributed by atoms with Crippen LogP contribution in [0.4, 0.5) is 0 Å². The molecule has 7 heteroatoms. The van der Waals surface area contributed by atoms with Gasteiger partial charge in [-0.05, 0) is 66.8 Å². The average molecular weight is 521 g/mol. The lowest BCUT2D eigenvalue weighted by molar-refractivity contribution is -0.136. The van der Waals surface area contributed by atoms with Crippen molar-refractivity contribution in [2.75, 3.05) is 46.0 Å². The number of carbonyl (C=O) groups excluding carboxylic acids is 2. The fourth-order valence-electron chi connectivity index (χ4n) is 6.02. The van der Waals surface area contributed by atoms with Crippen LogP contribution in [0.15, 0.2) is 42.5 Å². The van der Waals surface area contributed by atoms with Gasteiger partial charge < -0.3 is 24.0 Å². The molecule has 2 aromatic carbocycles. The number of benzene rings is 2. The van der Waals surface area contributed by atoms with Gasteiger partial charge in [-0.25, -0.2) is 0 Å². The topological polar surface area (TPSA) is 68.3 Å². The van der Waals surface area contributed by atoms with Crippen molar-refractivity contribution in [2.24, 2.45) is 5.41 Å². The predicted octanol–water partition coefficient (Wildman–Crippen LogP) is 4.65. The Morgan fingerprint density at radius 1 is 0.789 bits per heavy atom. The van der Waals surface area contributed by atoms with E-state index in [0.717, 1.165) is 80.8 Å². The van der Waals surface area contributed by atoms with Crippen LogP contribution in [0.3, 0.4) is 0 Å². The third kappa shape index (κ3) is 6.43. The summed E-state index contributed by atoms with van der Waals surface area (Å²) >= 11 is 0. The predicted molar refractivity (Wildman–Crippen MR) is 146 cm³/mol. The summed E-state index contributed by atoms with van der Waals surface area (Å²) in [6.45, 7) is 6.14. The molecule has 0 saturated carbocycles. The zero-order chi connectivity index (χ0) is 26.4. The lowest BCUT2D eigenvalue weighted by Gasteiger charge is -2.44. The molecule has 5 rings (SSSR count). The first kappa shape index (κ1) is 26.4. The lowest BCUT2D eigenvalue weighted by Crippen LogP contribution is -2.50. The quantitative estimate of drug-likeness (QED) is 0.577. The van der Waals surface area contributed by atoms with Crippen LogP contribution in [0, 0.1) is 5.41 Å². The molecule has 1 fully saturated rings. The van der Waals surface area contributed by atoms with Crippen molar-refractivity contribution >= 4 is 11.8 Å². The number of para-hydroxylation sites is 1. The highest BCUT2D eigenvalue weighted by atomic mass is 16.5. The minimum absolute atomic E-state index is 0.0189. The van der Waals surface area contributed by atoms with Crippen LogP contribution in [0.5, 0.6) is 17.2 Å². The molecule has 0 radical (unpaired) electrons. The van der Waals surface area contributed by atoms with E-state index in [1.807, 2.05) is 40.1 Å². The fourth-order valence-corrected chi connectivity index (χ4v) is 6.02. The number of aryl methyl sites for hydroxylation is 1. The maximum Gasteiger partial charge on any atom is 0.227 e. The Morgan fingerprint density at radius 2 is 1.55 bits per heavy atom. The second-order valence-corrected chi connectivity index (χ2v) is 11.0. The van der Waals surface area contributed by atoms with E-state index in [1.165, 1.54) is 5.56 Å². The first-order valence-electron chi connectivity index (χ1n) is 14.1. The van der Waals surface area contributed by atoms with Crippen LogP contribution in [0.1, 0.15) is 56.6 Å². The van der Waals surface area contributed by atoms with Crippen molar-refractivity contribution in [3.8, 4) is 17.2 Å². The number of hydrogen-bond donors (Lipinski definition) is 0. The maximum absolute atomic E-state index is 13.8. The molecule has 0 unspecified atom stereocenters. The molecule has 0 aromatic heterocycles. The van der Waals surface area contributed by atoms with Crippen molar-refractivity contribution in [2.45, 2.75) is 58.3 Å². The van der Waals surface area contributed by atoms with Gasteiger partial charge in [0.05, 0.1) is 26.2 Å². The van der Waals surface area contributed by atoms with E-state index in [-0.39, 0.29) is 17.2 Å². The van der Waals surface area contributed by atoms with Crippen molar-refractivity contribution in [1.29, 1.82) is 0 Å². The third-order valence-corrected chi connectivity index (χ3v) is 8.31. The number of rotatable bonds is 2. The molecule has 1 spiro atoms. The van der Waals surface area contributed by atoms with Crippen LogP contribution < -0.4 is 14.2 Å². The molecule has 3 heterocycles. The Kier molecular flexibility index (Phi) is 8.40. The molecular formula is C31H40N2O5. The highest BCUT2D eigenvalue weighted by Gasteiger charge is 2.37. The van der Waals surface area contributed by atoms with E-state index in [2.05, 4.69) is 12.1 Å². The Labute approximate surface area is 226 Å². The standard InChI is InChI=1S/C31H40N2O5/c1-24(34)32-15-13-31(14-16-32)12-5-4-8-26-7-2-3-9-27(26)38-20-17-33(23-31)30(35)22-25-10-11-28-29(21-25)37-19-6-18-36-28/h2-3,7,9-11,21H,4-6,8,12-20,22-23H2,1H3. The molecule has 3 aliphatic rings. The fraction of sp³-hybridized carbons (Fsp3) is 0.548. The number of hydrogen-bond acceptors (Lipinski definition) is 5. The Hall–Kier alpha value is -3.22. The van der Waals surface area contributed by atoms with E-state index in [0.29, 0.717) is 39.3 Å². The molecule has 0 N–H and O–H groups in total. The molecule has 1 saturated heterocycles. The van der Waals surface area contributed by atoms with Crippen LogP contribution in [0.2, 0.25) is 0 Å². The summed E-state index contributed by atoms with van der Waals surface area (Å²) in [5.74, 6) is 2.62. The van der Waals surface area contributed by atoms with Crippen LogP contribution >= 0.6 is 0 Å². The molecule has 0 bridgehead atoms. The minimum atomic E-state index is 0.0189. The second kappa shape index (κ2) is 12.1. The van der Waals surface area contributed by atoms with Gasteiger partial charge in [0.15, 0.2) is 11.5 Å². The summed E-state index contributed by atoms with van der Waals surface area (Å²) < 4.78 is 17.8. The normalized spacial score (nSPS) is 19.8. The van der Waals surface area contributed by atoms with Gasteiger partial charge in [0.2, 0.25) is 11.8 Å². The van der Waals surface area contributed by atoms with Gasteiger partial charge in [0.1, 0.15) is 12.4 Å². The first-order valence-corrected chi connectivity index (χ1v) is 14.1. The van der Waals surface area contributed by atoms with Crippen molar-refractivity contribution in [3.05, 3.63) is 53.6 Å². The van der Waals surface area contributed by atoms with Gasteiger partial charge in [0, 0.05) is 33.0 Å². The molecule has 204 valence electrons. The second-order valence-electron chi connectivity index (χ2n) is 11.0. The number of ether oxygens (including phenoxy) is 3. The van der Waals surface area contributed by atoms with E-state index in [9.17, 15) is 9.59 Å². The number of carbonyl (C=O) groups is 2. The molecule has 0 aliphatic carbocycles. The molecule has 2 aromatic rings. The zero-order valence-corrected chi connectivity index (χ0v) is 22.6. The zero-order valence-electron chi connectivity index (χ0n) is 22.6. The summed E-state index contributed by atoms with van der Waals surface area (Å²) in [5.41, 5.74) is 2.18. The summed E-state index contributed by atoms with van der Waals surface area (Å²) in [7, 11) is 0. The Morgan fingerprint density at radius 3 is 2.37 bits per heavy atom. The number of likely N-dealkylation sites (tertiary alicyclic amines) is 1. The average Bonchev–Trinajstić information content (AvgIpc) is 3.16. The maximum atomic E-state index is 13.8. The summed E-state index contributed by atoms with van der Waals surface area (Å²) in [6.07, 6.45) is 7.26. The molecule has 38 heavy (non-hydrogen) atoms. The van der Waals surface area contributed by atoms with Crippen molar-refractivity contribution < 1.29 is 23.8 Å². The van der Waals surface area contributed by atoms with Gasteiger partial charge in [-0.2, -0.15) is 0 Å². The monoisotopic (exact) mass is 520 g/mol. The summed E-state index contributed by atoms with van der Waals surface area (Å²) in [6, 6.07) is 14.1. The van der Waals surface area contributed by atoms with Crippen LogP contribution in [-0.2, 0) is 22.4 Å². The highest BCUT2D eigenvalue weighted by Crippen LogP contribution is 2.39. The molecule has 7 nitrogen and oxygen atoms in total. The van der Waals surface area contributed by atoms with Crippen LogP contribution in [-0.4, -0.2) is 67.6 Å². The van der Waals surface area contributed by atoms with Gasteiger partial charge in [0.25, 0.3) is 0 Å². The number of piperidine rings is 1. The van der Waals surface area contributed by atoms with Crippen LogP contribution in [0.25, 0.3) is 0 Å². The molecule has 2 amide bonds. The smallest absolute Gasteiger partial charge is 0.227 e. The van der Waals surface area contributed by atoms with Crippen molar-refractivity contribution in [3.63, 3.8) is 0 Å². The Bertz CT molecular complexity index is 1130. The van der Waals surface area contributed by atoms with Crippen molar-refractivity contribution in [1.82, 2.24) is 9.80 Å². The lowest BCUT2D eigenvalue weighted by atomic mass is 9.73. The number of nitrogens with zero attached hydrogens (tertiary/aromatic N) is 2. The van der Waals surface area contributed by atoms with E-state index < -0.39 is 0 Å². The van der Waals surface area contributed by atoms with Gasteiger partial charge >= 0.3 is 0 Å². The highest BCUT2D eigenvalue weighted by molar-refractivity contribution is 5.79. The van der Waals surface area contributed by atoms with Gasteiger partial charge in [-0.1, -0.05) is 30.7 Å². The Balaban J connectivity index is 1.35. The first-order chi connectivity index (χ1) is 18.5. The van der Waals surface area contributed by atoms with Gasteiger partial charge in [-0.15, -0.1) is 0 Å². The SMILES string of the molecule is CC(=O)N1CCC2(CCCCc3ccccc3OCCN(C(=O)Cc3ccc4c(c3)OCCCO4)C2)CC1. The molecule has 0 atom stereocenters. The molecular weight excluding hydrogens is 480 g/mol. The number of amides is 2. The summed E-state index contributed by atoms with van der Waals surface area (Å²) in [5, 5.41) is 0. The summed E-state index contributed by atoms with van der Waals surface area (Å²) in [4.78, 5) is 29.8. The van der Waals surface area contributed by atoms with Gasteiger partial charge in [-0.3, -0.25) is 9.59 Å². The van der Waals surface area contributed by atoms with E-state index in [1.54, 1.807) is 6.92 Å².